The van der Waals surface area contributed by atoms with E-state index in [1.165, 1.54) is 36.1 Å². The van der Waals surface area contributed by atoms with Crippen LogP contribution in [0.15, 0.2) is 36.7 Å². The molecule has 1 aromatic carbocycles. The van der Waals surface area contributed by atoms with Gasteiger partial charge in [-0.2, -0.15) is 0 Å². The van der Waals surface area contributed by atoms with Crippen LogP contribution in [0.2, 0.25) is 0 Å². The molecule has 2 aromatic heterocycles. The summed E-state index contributed by atoms with van der Waals surface area (Å²) < 4.78 is 1.09. The van der Waals surface area contributed by atoms with Crippen LogP contribution in [-0.2, 0) is 6.42 Å². The van der Waals surface area contributed by atoms with Crippen LogP contribution >= 0.6 is 11.3 Å². The van der Waals surface area contributed by atoms with Gasteiger partial charge in [0, 0.05) is 41.4 Å². The number of carbonyl (C=O) groups excluding carboxylic acids is 1. The van der Waals surface area contributed by atoms with E-state index < -0.39 is 0 Å². The van der Waals surface area contributed by atoms with Gasteiger partial charge >= 0.3 is 6.03 Å². The van der Waals surface area contributed by atoms with Gasteiger partial charge in [-0.05, 0) is 68.4 Å². The Morgan fingerprint density at radius 1 is 1.21 bits per heavy atom. The van der Waals surface area contributed by atoms with Crippen molar-refractivity contribution >= 4 is 38.8 Å². The van der Waals surface area contributed by atoms with Crippen LogP contribution < -0.4 is 15.5 Å². The van der Waals surface area contributed by atoms with Crippen molar-refractivity contribution in [1.82, 2.24) is 10.3 Å². The first-order valence-electron chi connectivity index (χ1n) is 10.5. The highest BCUT2D eigenvalue weighted by molar-refractivity contribution is 7.19. The Morgan fingerprint density at radius 3 is 2.93 bits per heavy atom. The maximum absolute atomic E-state index is 12.7. The minimum Gasteiger partial charge on any atom is -0.372 e. The number of carbonyl (C=O) groups is 1. The van der Waals surface area contributed by atoms with Gasteiger partial charge in [-0.3, -0.25) is 4.98 Å². The van der Waals surface area contributed by atoms with Gasteiger partial charge in [0.2, 0.25) is 0 Å². The monoisotopic (exact) mass is 406 g/mol. The second-order valence-electron chi connectivity index (χ2n) is 8.03. The summed E-state index contributed by atoms with van der Waals surface area (Å²) in [7, 11) is 0. The lowest BCUT2D eigenvalue weighted by atomic mass is 10.0. The third kappa shape index (κ3) is 3.57. The van der Waals surface area contributed by atoms with E-state index in [2.05, 4.69) is 38.7 Å². The van der Waals surface area contributed by atoms with Gasteiger partial charge in [0.05, 0.1) is 16.4 Å². The maximum atomic E-state index is 12.7. The number of hydrogen-bond acceptors (Lipinski definition) is 4. The van der Waals surface area contributed by atoms with Gasteiger partial charge in [-0.1, -0.05) is 6.07 Å². The van der Waals surface area contributed by atoms with Crippen molar-refractivity contribution in [2.75, 3.05) is 23.3 Å². The van der Waals surface area contributed by atoms with E-state index in [9.17, 15) is 4.79 Å². The van der Waals surface area contributed by atoms with Crippen molar-refractivity contribution in [3.05, 3.63) is 52.7 Å². The number of pyridine rings is 1. The molecule has 1 atom stereocenters. The molecule has 1 saturated heterocycles. The number of fused-ring (bicyclic) bond motifs is 2. The Kier molecular flexibility index (Phi) is 4.87. The average molecular weight is 407 g/mol. The topological polar surface area (TPSA) is 57.3 Å². The third-order valence-electron chi connectivity index (χ3n) is 6.14. The zero-order valence-electron chi connectivity index (χ0n) is 16.7. The lowest BCUT2D eigenvalue weighted by molar-refractivity contribution is 0.248. The molecule has 1 aliphatic heterocycles. The average Bonchev–Trinajstić information content (AvgIpc) is 3.29. The van der Waals surface area contributed by atoms with Gasteiger partial charge in [-0.25, -0.2) is 4.79 Å². The quantitative estimate of drug-likeness (QED) is 0.612. The van der Waals surface area contributed by atoms with E-state index in [1.807, 2.05) is 19.2 Å². The zero-order valence-corrected chi connectivity index (χ0v) is 17.5. The van der Waals surface area contributed by atoms with Crippen molar-refractivity contribution in [3.63, 3.8) is 0 Å². The summed E-state index contributed by atoms with van der Waals surface area (Å²) >= 11 is 1.66. The first-order valence-corrected chi connectivity index (χ1v) is 11.3. The van der Waals surface area contributed by atoms with E-state index in [0.717, 1.165) is 46.6 Å². The number of nitrogens with zero attached hydrogens (tertiary/aromatic N) is 2. The number of benzene rings is 1. The summed E-state index contributed by atoms with van der Waals surface area (Å²) in [5.74, 6) is 0. The molecular formula is C23H26N4OS. The molecule has 5 rings (SSSR count). The molecule has 2 aliphatic rings. The molecule has 0 bridgehead atoms. The van der Waals surface area contributed by atoms with Crippen LogP contribution in [0.3, 0.4) is 0 Å². The minimum atomic E-state index is -0.137. The van der Waals surface area contributed by atoms with Crippen LogP contribution in [0.1, 0.15) is 47.7 Å². The van der Waals surface area contributed by atoms with Gasteiger partial charge in [-0.15, -0.1) is 11.3 Å². The standard InChI is InChI=1S/C23H26N4OS/c1-15-22(19-9-10-24-14-21(19)29-15)26-23(28)25-20-8-5-16-13-17(6-7-18(16)20)27-11-3-2-4-12-27/h6-7,9-10,13-14,20H,2-5,8,11-12H2,1H3,(H2,25,26,28). The van der Waals surface area contributed by atoms with Crippen molar-refractivity contribution in [3.8, 4) is 0 Å². The molecule has 2 amide bonds. The number of thiophene rings is 1. The molecular weight excluding hydrogens is 380 g/mol. The summed E-state index contributed by atoms with van der Waals surface area (Å²) in [5.41, 5.74) is 4.87. The first kappa shape index (κ1) is 18.4. The van der Waals surface area contributed by atoms with Gasteiger partial charge in [0.1, 0.15) is 0 Å². The van der Waals surface area contributed by atoms with Crippen LogP contribution in [0.25, 0.3) is 10.1 Å². The summed E-state index contributed by atoms with van der Waals surface area (Å²) in [6.07, 6.45) is 9.52. The number of piperidine rings is 1. The molecule has 2 N–H and O–H groups in total. The first-order chi connectivity index (χ1) is 14.2. The summed E-state index contributed by atoms with van der Waals surface area (Å²) in [4.78, 5) is 20.5. The van der Waals surface area contributed by atoms with E-state index in [4.69, 9.17) is 0 Å². The fraction of sp³-hybridized carbons (Fsp3) is 0.391. The minimum absolute atomic E-state index is 0.0762. The van der Waals surface area contributed by atoms with Crippen LogP contribution in [0.5, 0.6) is 0 Å². The van der Waals surface area contributed by atoms with E-state index in [-0.39, 0.29) is 12.1 Å². The Labute approximate surface area is 175 Å². The molecule has 3 aromatic rings. The molecule has 29 heavy (non-hydrogen) atoms. The molecule has 1 unspecified atom stereocenters. The molecule has 5 nitrogen and oxygen atoms in total. The number of nitrogens with one attached hydrogen (secondary N) is 2. The van der Waals surface area contributed by atoms with Gasteiger partial charge < -0.3 is 15.5 Å². The molecule has 1 aliphatic carbocycles. The number of aromatic nitrogens is 1. The highest BCUT2D eigenvalue weighted by Crippen LogP contribution is 2.36. The van der Waals surface area contributed by atoms with Gasteiger partial charge in [0.25, 0.3) is 0 Å². The fourth-order valence-corrected chi connectivity index (χ4v) is 5.63. The smallest absolute Gasteiger partial charge is 0.319 e. The molecule has 0 radical (unpaired) electrons. The van der Waals surface area contributed by atoms with E-state index in [1.54, 1.807) is 17.5 Å². The van der Waals surface area contributed by atoms with Crippen molar-refractivity contribution in [2.24, 2.45) is 0 Å². The van der Waals surface area contributed by atoms with Crippen LogP contribution in [0, 0.1) is 6.92 Å². The Morgan fingerprint density at radius 2 is 2.07 bits per heavy atom. The summed E-state index contributed by atoms with van der Waals surface area (Å²) in [6, 6.07) is 8.68. The third-order valence-corrected chi connectivity index (χ3v) is 7.19. The summed E-state index contributed by atoms with van der Waals surface area (Å²) in [6.45, 7) is 4.35. The Balaban J connectivity index is 1.29. The van der Waals surface area contributed by atoms with E-state index in [0.29, 0.717) is 0 Å². The maximum Gasteiger partial charge on any atom is 0.319 e. The molecule has 3 heterocycles. The lowest BCUT2D eigenvalue weighted by Gasteiger charge is -2.29. The Hall–Kier alpha value is -2.60. The number of hydrogen-bond donors (Lipinski definition) is 2. The molecule has 0 saturated carbocycles. The fourth-order valence-electron chi connectivity index (χ4n) is 4.64. The van der Waals surface area contributed by atoms with Crippen molar-refractivity contribution in [1.29, 1.82) is 0 Å². The number of anilines is 2. The van der Waals surface area contributed by atoms with Gasteiger partial charge in [0.15, 0.2) is 0 Å². The predicted molar refractivity (Wildman–Crippen MR) is 120 cm³/mol. The number of urea groups is 1. The number of rotatable bonds is 3. The van der Waals surface area contributed by atoms with Crippen molar-refractivity contribution < 1.29 is 4.79 Å². The zero-order chi connectivity index (χ0) is 19.8. The number of aryl methyl sites for hydroxylation is 2. The normalized spacial score (nSPS) is 18.7. The molecule has 150 valence electrons. The Bertz CT molecular complexity index is 1050. The molecule has 1 fully saturated rings. The predicted octanol–water partition coefficient (Wildman–Crippen LogP) is 5.40. The second kappa shape index (κ2) is 7.67. The number of amides is 2. The molecule has 0 spiro atoms. The second-order valence-corrected chi connectivity index (χ2v) is 9.28. The van der Waals surface area contributed by atoms with Crippen LogP contribution in [0.4, 0.5) is 16.2 Å². The summed E-state index contributed by atoms with van der Waals surface area (Å²) in [5, 5.41) is 7.32. The van der Waals surface area contributed by atoms with Crippen molar-refractivity contribution in [2.45, 2.75) is 45.1 Å². The molecule has 6 heteroatoms. The lowest BCUT2D eigenvalue weighted by Crippen LogP contribution is -2.31. The largest absolute Gasteiger partial charge is 0.372 e. The SMILES string of the molecule is Cc1sc2cnccc2c1NC(=O)NC1CCc2cc(N3CCCCC3)ccc21. The van der Waals surface area contributed by atoms with E-state index >= 15 is 0 Å². The highest BCUT2D eigenvalue weighted by atomic mass is 32.1. The van der Waals surface area contributed by atoms with Crippen LogP contribution in [-0.4, -0.2) is 24.1 Å². The highest BCUT2D eigenvalue weighted by Gasteiger charge is 2.25.